The molecule has 4 N–H and O–H groups in total. The fourth-order valence-electron chi connectivity index (χ4n) is 1.39. The first-order valence-corrected chi connectivity index (χ1v) is 5.69. The quantitative estimate of drug-likeness (QED) is 0.671. The first-order chi connectivity index (χ1) is 8.77. The predicted molar refractivity (Wildman–Crippen MR) is 68.2 cm³/mol. The fourth-order valence-corrected chi connectivity index (χ4v) is 1.39. The van der Waals surface area contributed by atoms with E-state index in [1.54, 1.807) is 20.8 Å². The third kappa shape index (κ3) is 2.72. The number of rotatable bonds is 2. The average Bonchev–Trinajstić information content (AvgIpc) is 2.67. The molecule has 102 valence electrons. The van der Waals surface area contributed by atoms with E-state index in [9.17, 15) is 9.59 Å². The van der Waals surface area contributed by atoms with Gasteiger partial charge >= 0.3 is 5.97 Å². The van der Waals surface area contributed by atoms with Crippen LogP contribution < -0.4 is 11.3 Å². The number of anilines is 1. The summed E-state index contributed by atoms with van der Waals surface area (Å²) in [5.41, 5.74) is 4.80. The van der Waals surface area contributed by atoms with E-state index in [0.29, 0.717) is 5.82 Å². The third-order valence-corrected chi connectivity index (χ3v) is 2.38. The number of esters is 1. The van der Waals surface area contributed by atoms with Crippen LogP contribution >= 0.6 is 0 Å². The van der Waals surface area contributed by atoms with Gasteiger partial charge in [-0.2, -0.15) is 4.98 Å². The van der Waals surface area contributed by atoms with Crippen LogP contribution in [-0.2, 0) is 16.1 Å². The molecule has 0 aliphatic rings. The van der Waals surface area contributed by atoms with E-state index in [1.807, 2.05) is 0 Å². The highest BCUT2D eigenvalue weighted by Crippen LogP contribution is 2.16. The molecule has 19 heavy (non-hydrogen) atoms. The van der Waals surface area contributed by atoms with Crippen LogP contribution in [0.15, 0.2) is 4.79 Å². The number of nitrogens with one attached hydrogen (secondary N) is 2. The van der Waals surface area contributed by atoms with Crippen molar-refractivity contribution in [2.24, 2.45) is 5.41 Å². The Kier molecular flexibility index (Phi) is 3.01. The maximum Gasteiger partial charge on any atom is 0.311 e. The van der Waals surface area contributed by atoms with Crippen LogP contribution in [0, 0.1) is 5.41 Å². The molecule has 2 rings (SSSR count). The van der Waals surface area contributed by atoms with Crippen LogP contribution in [0.5, 0.6) is 0 Å². The van der Waals surface area contributed by atoms with Gasteiger partial charge in [0.1, 0.15) is 12.4 Å². The molecule has 2 aromatic rings. The zero-order chi connectivity index (χ0) is 14.2. The SMILES string of the molecule is CC(C)(C)C(=O)OCc1nc2nc(N)[nH]c(=O)c2[nH]1. The Hall–Kier alpha value is -2.38. The van der Waals surface area contributed by atoms with Crippen LogP contribution in [0.1, 0.15) is 26.6 Å². The number of carbonyl (C=O) groups excluding carboxylic acids is 1. The van der Waals surface area contributed by atoms with Gasteiger partial charge < -0.3 is 15.5 Å². The number of imidazole rings is 1. The van der Waals surface area contributed by atoms with Crippen molar-refractivity contribution in [3.63, 3.8) is 0 Å². The Morgan fingerprint density at radius 3 is 2.63 bits per heavy atom. The molecule has 0 fully saturated rings. The van der Waals surface area contributed by atoms with Crippen LogP contribution in [0.3, 0.4) is 0 Å². The summed E-state index contributed by atoms with van der Waals surface area (Å²) in [5, 5.41) is 0. The summed E-state index contributed by atoms with van der Waals surface area (Å²) >= 11 is 0. The van der Waals surface area contributed by atoms with Gasteiger partial charge in [-0.3, -0.25) is 14.6 Å². The summed E-state index contributed by atoms with van der Waals surface area (Å²) in [4.78, 5) is 36.2. The van der Waals surface area contributed by atoms with Crippen molar-refractivity contribution in [1.82, 2.24) is 19.9 Å². The van der Waals surface area contributed by atoms with Gasteiger partial charge in [-0.15, -0.1) is 0 Å². The van der Waals surface area contributed by atoms with E-state index in [2.05, 4.69) is 19.9 Å². The summed E-state index contributed by atoms with van der Waals surface area (Å²) < 4.78 is 5.09. The van der Waals surface area contributed by atoms with Crippen molar-refractivity contribution >= 4 is 23.1 Å². The molecule has 0 amide bonds. The summed E-state index contributed by atoms with van der Waals surface area (Å²) in [5.74, 6) is -0.0206. The molecule has 0 saturated heterocycles. The lowest BCUT2D eigenvalue weighted by Gasteiger charge is -2.15. The van der Waals surface area contributed by atoms with Crippen LogP contribution in [-0.4, -0.2) is 25.9 Å². The molecule has 0 radical (unpaired) electrons. The lowest BCUT2D eigenvalue weighted by atomic mass is 9.97. The minimum absolute atomic E-state index is 0.0118. The molecule has 0 spiro atoms. The van der Waals surface area contributed by atoms with Crippen molar-refractivity contribution < 1.29 is 9.53 Å². The van der Waals surface area contributed by atoms with Gasteiger partial charge in [-0.1, -0.05) is 0 Å². The average molecular weight is 265 g/mol. The normalized spacial score (nSPS) is 11.7. The van der Waals surface area contributed by atoms with Crippen molar-refractivity contribution in [2.75, 3.05) is 5.73 Å². The minimum Gasteiger partial charge on any atom is -0.457 e. The Morgan fingerprint density at radius 2 is 2.00 bits per heavy atom. The number of aromatic amines is 2. The number of aromatic nitrogens is 4. The largest absolute Gasteiger partial charge is 0.457 e. The second-order valence-corrected chi connectivity index (χ2v) is 5.16. The number of nitrogen functional groups attached to an aromatic ring is 1. The van der Waals surface area contributed by atoms with Gasteiger partial charge in [0, 0.05) is 0 Å². The Labute approximate surface area is 108 Å². The number of hydrogen-bond acceptors (Lipinski definition) is 6. The van der Waals surface area contributed by atoms with E-state index in [1.165, 1.54) is 0 Å². The van der Waals surface area contributed by atoms with Crippen LogP contribution in [0.4, 0.5) is 5.95 Å². The monoisotopic (exact) mass is 265 g/mol. The molecule has 0 atom stereocenters. The molecule has 8 heteroatoms. The molecular formula is C11H15N5O3. The maximum absolute atomic E-state index is 11.6. The van der Waals surface area contributed by atoms with Gasteiger partial charge in [0.15, 0.2) is 11.2 Å². The standard InChI is InChI=1S/C11H15N5O3/c1-11(2,3)9(18)19-4-5-13-6-7(14-5)15-10(12)16-8(6)17/h4H2,1-3H3,(H4,12,13,14,15,16,17). The number of ether oxygens (including phenoxy) is 1. The summed E-state index contributed by atoms with van der Waals surface area (Å²) in [7, 11) is 0. The van der Waals surface area contributed by atoms with Gasteiger partial charge in [-0.05, 0) is 20.8 Å². The van der Waals surface area contributed by atoms with Crippen molar-refractivity contribution in [3.05, 3.63) is 16.2 Å². The lowest BCUT2D eigenvalue weighted by Crippen LogP contribution is -2.22. The molecule has 0 saturated carbocycles. The third-order valence-electron chi connectivity index (χ3n) is 2.38. The number of nitrogens with zero attached hydrogens (tertiary/aromatic N) is 2. The highest BCUT2D eigenvalue weighted by Gasteiger charge is 2.23. The van der Waals surface area contributed by atoms with Crippen LogP contribution in [0.25, 0.3) is 11.2 Å². The van der Waals surface area contributed by atoms with Gasteiger partial charge in [-0.25, -0.2) is 4.98 Å². The van der Waals surface area contributed by atoms with E-state index < -0.39 is 11.0 Å². The molecule has 0 aromatic carbocycles. The highest BCUT2D eigenvalue weighted by atomic mass is 16.5. The zero-order valence-electron chi connectivity index (χ0n) is 10.9. The zero-order valence-corrected chi connectivity index (χ0v) is 10.9. The highest BCUT2D eigenvalue weighted by molar-refractivity contribution is 5.75. The van der Waals surface area contributed by atoms with E-state index >= 15 is 0 Å². The molecule has 0 aliphatic heterocycles. The maximum atomic E-state index is 11.6. The second-order valence-electron chi connectivity index (χ2n) is 5.16. The fraction of sp³-hybridized carbons (Fsp3) is 0.455. The predicted octanol–water partition coefficient (Wildman–Crippen LogP) is 0.318. The van der Waals surface area contributed by atoms with E-state index in [4.69, 9.17) is 10.5 Å². The molecule has 8 nitrogen and oxygen atoms in total. The Bertz CT molecular complexity index is 680. The number of H-pyrrole nitrogens is 2. The molecule has 2 aromatic heterocycles. The number of fused-ring (bicyclic) bond motifs is 1. The number of hydrogen-bond donors (Lipinski definition) is 3. The summed E-state index contributed by atoms with van der Waals surface area (Å²) in [6.07, 6.45) is 0. The minimum atomic E-state index is -0.591. The molecule has 0 aliphatic carbocycles. The molecule has 2 heterocycles. The molecular weight excluding hydrogens is 250 g/mol. The van der Waals surface area contributed by atoms with E-state index in [0.717, 1.165) is 0 Å². The van der Waals surface area contributed by atoms with E-state index in [-0.39, 0.29) is 29.7 Å². The first kappa shape index (κ1) is 13.1. The number of carbonyl (C=O) groups is 1. The van der Waals surface area contributed by atoms with Crippen molar-refractivity contribution in [3.8, 4) is 0 Å². The van der Waals surface area contributed by atoms with Gasteiger partial charge in [0.25, 0.3) is 5.56 Å². The topological polar surface area (TPSA) is 127 Å². The Balaban J connectivity index is 2.21. The number of nitrogens with two attached hydrogens (primary N) is 1. The van der Waals surface area contributed by atoms with Crippen molar-refractivity contribution in [1.29, 1.82) is 0 Å². The smallest absolute Gasteiger partial charge is 0.311 e. The van der Waals surface area contributed by atoms with Crippen LogP contribution in [0.2, 0.25) is 0 Å². The van der Waals surface area contributed by atoms with Crippen molar-refractivity contribution in [2.45, 2.75) is 27.4 Å². The lowest BCUT2D eigenvalue weighted by molar-refractivity contribution is -0.154. The Morgan fingerprint density at radius 1 is 1.32 bits per heavy atom. The second kappa shape index (κ2) is 4.38. The molecule has 0 unspecified atom stereocenters. The van der Waals surface area contributed by atoms with Gasteiger partial charge in [0.05, 0.1) is 5.41 Å². The summed E-state index contributed by atoms with van der Waals surface area (Å²) in [6, 6.07) is 0. The first-order valence-electron chi connectivity index (χ1n) is 5.69. The summed E-state index contributed by atoms with van der Waals surface area (Å²) in [6.45, 7) is 5.20. The van der Waals surface area contributed by atoms with Gasteiger partial charge in [0.2, 0.25) is 5.95 Å². The molecule has 0 bridgehead atoms.